The van der Waals surface area contributed by atoms with E-state index in [9.17, 15) is 14.3 Å². The molecule has 2 N–H and O–H groups in total. The van der Waals surface area contributed by atoms with Crippen LogP contribution in [0.5, 0.6) is 0 Å². The number of hydrogen-bond acceptors (Lipinski definition) is 2. The molecule has 0 aliphatic heterocycles. The number of halogens is 1. The number of aliphatic carboxylic acids is 1. The average Bonchev–Trinajstić information content (AvgIpc) is 2.39. The molecule has 3 nitrogen and oxygen atoms in total. The molecule has 4 heteroatoms. The highest BCUT2D eigenvalue weighted by Crippen LogP contribution is 2.26. The van der Waals surface area contributed by atoms with E-state index in [1.165, 1.54) is 18.2 Å². The number of carboxylic acid groups (broad SMARTS) is 1. The standard InChI is InChI=1S/C15H14FNO2/c1-15(14(18)19,11-6-3-2-4-7-11)17-13-9-5-8-12(16)10-13/h2-10,17H,1H3,(H,18,19). The van der Waals surface area contributed by atoms with Crippen molar-refractivity contribution in [1.29, 1.82) is 0 Å². The molecule has 2 rings (SSSR count). The van der Waals surface area contributed by atoms with Gasteiger partial charge < -0.3 is 10.4 Å². The van der Waals surface area contributed by atoms with Crippen molar-refractivity contribution >= 4 is 11.7 Å². The Morgan fingerprint density at radius 2 is 1.84 bits per heavy atom. The van der Waals surface area contributed by atoms with E-state index in [0.717, 1.165) is 0 Å². The van der Waals surface area contributed by atoms with Gasteiger partial charge in [0, 0.05) is 5.69 Å². The number of rotatable bonds is 4. The van der Waals surface area contributed by atoms with Crippen LogP contribution in [0.2, 0.25) is 0 Å². The van der Waals surface area contributed by atoms with Crippen LogP contribution in [0.25, 0.3) is 0 Å². The third kappa shape index (κ3) is 2.73. The number of hydrogen-bond donors (Lipinski definition) is 2. The predicted octanol–water partition coefficient (Wildman–Crippen LogP) is 3.24. The summed E-state index contributed by atoms with van der Waals surface area (Å²) in [6.45, 7) is 1.55. The first-order chi connectivity index (χ1) is 9.02. The first-order valence-corrected chi connectivity index (χ1v) is 5.85. The maximum atomic E-state index is 13.2. The van der Waals surface area contributed by atoms with E-state index in [1.54, 1.807) is 37.3 Å². The highest BCUT2D eigenvalue weighted by atomic mass is 19.1. The first kappa shape index (κ1) is 13.1. The summed E-state index contributed by atoms with van der Waals surface area (Å²) in [5.41, 5.74) is -0.282. The van der Waals surface area contributed by atoms with Crippen LogP contribution in [0.15, 0.2) is 54.6 Å². The zero-order chi connectivity index (χ0) is 13.9. The van der Waals surface area contributed by atoms with Crippen LogP contribution in [0.3, 0.4) is 0 Å². The fourth-order valence-corrected chi connectivity index (χ4v) is 1.88. The van der Waals surface area contributed by atoms with Crippen LogP contribution < -0.4 is 5.32 Å². The third-order valence-corrected chi connectivity index (χ3v) is 3.00. The summed E-state index contributed by atoms with van der Waals surface area (Å²) in [6.07, 6.45) is 0. The fraction of sp³-hybridized carbons (Fsp3) is 0.133. The molecule has 0 spiro atoms. The van der Waals surface area contributed by atoms with Crippen molar-refractivity contribution in [2.75, 3.05) is 5.32 Å². The van der Waals surface area contributed by atoms with E-state index < -0.39 is 17.3 Å². The van der Waals surface area contributed by atoms with Gasteiger partial charge in [-0.15, -0.1) is 0 Å². The minimum atomic E-state index is -1.31. The summed E-state index contributed by atoms with van der Waals surface area (Å²) in [6, 6.07) is 14.5. The lowest BCUT2D eigenvalue weighted by Gasteiger charge is -2.28. The summed E-state index contributed by atoms with van der Waals surface area (Å²) in [5.74, 6) is -1.44. The smallest absolute Gasteiger partial charge is 0.333 e. The zero-order valence-electron chi connectivity index (χ0n) is 10.4. The summed E-state index contributed by atoms with van der Waals surface area (Å²) >= 11 is 0. The molecule has 0 bridgehead atoms. The van der Waals surface area contributed by atoms with Gasteiger partial charge in [0.1, 0.15) is 5.82 Å². The van der Waals surface area contributed by atoms with E-state index in [0.29, 0.717) is 11.3 Å². The summed E-state index contributed by atoms with van der Waals surface area (Å²) in [5, 5.41) is 12.3. The van der Waals surface area contributed by atoms with Crippen molar-refractivity contribution in [3.05, 3.63) is 66.0 Å². The second-order valence-electron chi connectivity index (χ2n) is 4.43. The Labute approximate surface area is 110 Å². The Hall–Kier alpha value is -2.36. The Kier molecular flexibility index (Phi) is 3.51. The normalized spacial score (nSPS) is 13.6. The molecule has 0 aromatic heterocycles. The van der Waals surface area contributed by atoms with Gasteiger partial charge in [0.25, 0.3) is 0 Å². The van der Waals surface area contributed by atoms with Crippen LogP contribution in [0.1, 0.15) is 12.5 Å². The topological polar surface area (TPSA) is 49.3 Å². The SMILES string of the molecule is CC(Nc1cccc(F)c1)(C(=O)O)c1ccccc1. The molecule has 98 valence electrons. The van der Waals surface area contributed by atoms with Gasteiger partial charge in [0.2, 0.25) is 0 Å². The van der Waals surface area contributed by atoms with Gasteiger partial charge in [-0.25, -0.2) is 9.18 Å². The molecule has 0 saturated heterocycles. The molecule has 2 aromatic rings. The number of anilines is 1. The summed E-state index contributed by atoms with van der Waals surface area (Å²) in [7, 11) is 0. The molecule has 0 amide bonds. The first-order valence-electron chi connectivity index (χ1n) is 5.85. The molecule has 0 aliphatic carbocycles. The molecule has 1 unspecified atom stereocenters. The van der Waals surface area contributed by atoms with E-state index in [4.69, 9.17) is 0 Å². The number of benzene rings is 2. The molecule has 0 heterocycles. The van der Waals surface area contributed by atoms with Crippen LogP contribution in [-0.4, -0.2) is 11.1 Å². The Morgan fingerprint density at radius 3 is 2.42 bits per heavy atom. The summed E-state index contributed by atoms with van der Waals surface area (Å²) in [4.78, 5) is 11.6. The number of nitrogens with one attached hydrogen (secondary N) is 1. The molecule has 19 heavy (non-hydrogen) atoms. The van der Waals surface area contributed by atoms with Crippen LogP contribution >= 0.6 is 0 Å². The minimum absolute atomic E-state index is 0.411. The highest BCUT2D eigenvalue weighted by Gasteiger charge is 2.35. The quantitative estimate of drug-likeness (QED) is 0.886. The van der Waals surface area contributed by atoms with Gasteiger partial charge in [0.05, 0.1) is 0 Å². The van der Waals surface area contributed by atoms with Crippen LogP contribution in [0.4, 0.5) is 10.1 Å². The molecule has 0 radical (unpaired) electrons. The van der Waals surface area contributed by atoms with Gasteiger partial charge in [-0.1, -0.05) is 36.4 Å². The van der Waals surface area contributed by atoms with Crippen LogP contribution in [0, 0.1) is 5.82 Å². The lowest BCUT2D eigenvalue weighted by atomic mass is 9.91. The molecule has 0 saturated carbocycles. The molecule has 0 fully saturated rings. The number of carbonyl (C=O) groups is 1. The van der Waals surface area contributed by atoms with Crippen molar-refractivity contribution in [2.24, 2.45) is 0 Å². The Morgan fingerprint density at radius 1 is 1.16 bits per heavy atom. The lowest BCUT2D eigenvalue weighted by Crippen LogP contribution is -2.40. The Bertz CT molecular complexity index is 586. The van der Waals surface area contributed by atoms with Crippen molar-refractivity contribution in [1.82, 2.24) is 0 Å². The van der Waals surface area contributed by atoms with E-state index in [2.05, 4.69) is 5.32 Å². The van der Waals surface area contributed by atoms with Gasteiger partial charge in [-0.05, 0) is 30.7 Å². The zero-order valence-corrected chi connectivity index (χ0v) is 10.4. The summed E-state index contributed by atoms with van der Waals surface area (Å²) < 4.78 is 13.2. The van der Waals surface area contributed by atoms with Crippen molar-refractivity contribution in [3.8, 4) is 0 Å². The van der Waals surface area contributed by atoms with E-state index in [1.807, 2.05) is 6.07 Å². The van der Waals surface area contributed by atoms with Gasteiger partial charge in [0.15, 0.2) is 5.54 Å². The maximum Gasteiger partial charge on any atom is 0.333 e. The number of carboxylic acids is 1. The van der Waals surface area contributed by atoms with Gasteiger partial charge in [-0.3, -0.25) is 0 Å². The highest BCUT2D eigenvalue weighted by molar-refractivity contribution is 5.84. The van der Waals surface area contributed by atoms with Crippen molar-refractivity contribution in [2.45, 2.75) is 12.5 Å². The molecular formula is C15H14FNO2. The second-order valence-corrected chi connectivity index (χ2v) is 4.43. The molecule has 0 aliphatic rings. The van der Waals surface area contributed by atoms with Gasteiger partial charge >= 0.3 is 5.97 Å². The van der Waals surface area contributed by atoms with Crippen molar-refractivity contribution < 1.29 is 14.3 Å². The molecule has 1 atom stereocenters. The largest absolute Gasteiger partial charge is 0.479 e. The van der Waals surface area contributed by atoms with Crippen molar-refractivity contribution in [3.63, 3.8) is 0 Å². The fourth-order valence-electron chi connectivity index (χ4n) is 1.88. The monoisotopic (exact) mass is 259 g/mol. The van der Waals surface area contributed by atoms with E-state index in [-0.39, 0.29) is 0 Å². The third-order valence-electron chi connectivity index (χ3n) is 3.00. The predicted molar refractivity (Wildman–Crippen MR) is 71.5 cm³/mol. The lowest BCUT2D eigenvalue weighted by molar-refractivity contribution is -0.142. The average molecular weight is 259 g/mol. The minimum Gasteiger partial charge on any atom is -0.479 e. The Balaban J connectivity index is 2.39. The second kappa shape index (κ2) is 5.10. The van der Waals surface area contributed by atoms with Gasteiger partial charge in [-0.2, -0.15) is 0 Å². The maximum absolute atomic E-state index is 13.2. The molecular weight excluding hydrogens is 245 g/mol. The molecule has 2 aromatic carbocycles. The van der Waals surface area contributed by atoms with Crippen LogP contribution in [-0.2, 0) is 10.3 Å². The van der Waals surface area contributed by atoms with E-state index >= 15 is 0 Å².